The fourth-order valence-corrected chi connectivity index (χ4v) is 2.60. The SMILES string of the molecule is CCN1CCCC(Nc2cnn(CC(=O)NC)c2)CC1. The Morgan fingerprint density at radius 2 is 2.30 bits per heavy atom. The zero-order valence-electron chi connectivity index (χ0n) is 12.4. The predicted molar refractivity (Wildman–Crippen MR) is 79.7 cm³/mol. The van der Waals surface area contributed by atoms with Gasteiger partial charge in [0.2, 0.25) is 5.91 Å². The van der Waals surface area contributed by atoms with Gasteiger partial charge in [0.05, 0.1) is 11.9 Å². The van der Waals surface area contributed by atoms with Crippen LogP contribution in [0.1, 0.15) is 26.2 Å². The molecule has 20 heavy (non-hydrogen) atoms. The molecule has 1 amide bonds. The average molecular weight is 279 g/mol. The first-order valence-electron chi connectivity index (χ1n) is 7.43. The van der Waals surface area contributed by atoms with Crippen molar-refractivity contribution >= 4 is 11.6 Å². The number of nitrogens with zero attached hydrogens (tertiary/aromatic N) is 3. The number of carbonyl (C=O) groups excluding carboxylic acids is 1. The fourth-order valence-electron chi connectivity index (χ4n) is 2.60. The molecule has 1 aliphatic rings. The van der Waals surface area contributed by atoms with E-state index >= 15 is 0 Å². The number of aromatic nitrogens is 2. The molecular weight excluding hydrogens is 254 g/mol. The van der Waals surface area contributed by atoms with Gasteiger partial charge in [-0.2, -0.15) is 5.10 Å². The molecule has 2 heterocycles. The zero-order valence-corrected chi connectivity index (χ0v) is 12.4. The number of likely N-dealkylation sites (tertiary alicyclic amines) is 1. The third-order valence-electron chi connectivity index (χ3n) is 3.86. The third kappa shape index (κ3) is 4.23. The maximum Gasteiger partial charge on any atom is 0.241 e. The Balaban J connectivity index is 1.85. The lowest BCUT2D eigenvalue weighted by Gasteiger charge is -2.18. The van der Waals surface area contributed by atoms with Crippen molar-refractivity contribution in [1.29, 1.82) is 0 Å². The highest BCUT2D eigenvalue weighted by molar-refractivity contribution is 5.75. The van der Waals surface area contributed by atoms with E-state index in [1.165, 1.54) is 19.4 Å². The highest BCUT2D eigenvalue weighted by Gasteiger charge is 2.16. The molecule has 1 aromatic heterocycles. The van der Waals surface area contributed by atoms with Crippen LogP contribution in [0.15, 0.2) is 12.4 Å². The summed E-state index contributed by atoms with van der Waals surface area (Å²) in [7, 11) is 1.63. The number of nitrogens with one attached hydrogen (secondary N) is 2. The molecule has 112 valence electrons. The number of hydrogen-bond acceptors (Lipinski definition) is 4. The first-order valence-corrected chi connectivity index (χ1v) is 7.43. The maximum absolute atomic E-state index is 11.3. The van der Waals surface area contributed by atoms with Crippen LogP contribution in [-0.4, -0.2) is 53.3 Å². The first kappa shape index (κ1) is 14.8. The molecule has 0 saturated carbocycles. The van der Waals surface area contributed by atoms with Crippen LogP contribution in [0.3, 0.4) is 0 Å². The average Bonchev–Trinajstić information content (AvgIpc) is 2.75. The predicted octanol–water partition coefficient (Wildman–Crippen LogP) is 0.915. The van der Waals surface area contributed by atoms with Gasteiger partial charge < -0.3 is 15.5 Å². The number of rotatable bonds is 5. The topological polar surface area (TPSA) is 62.2 Å². The van der Waals surface area contributed by atoms with Crippen LogP contribution in [0.2, 0.25) is 0 Å². The maximum atomic E-state index is 11.3. The van der Waals surface area contributed by atoms with Gasteiger partial charge in [-0.15, -0.1) is 0 Å². The van der Waals surface area contributed by atoms with Gasteiger partial charge in [0, 0.05) is 25.8 Å². The largest absolute Gasteiger partial charge is 0.380 e. The van der Waals surface area contributed by atoms with Crippen molar-refractivity contribution in [2.24, 2.45) is 0 Å². The second kappa shape index (κ2) is 7.28. The molecule has 1 aromatic rings. The molecule has 0 aromatic carbocycles. The monoisotopic (exact) mass is 279 g/mol. The van der Waals surface area contributed by atoms with Gasteiger partial charge >= 0.3 is 0 Å². The molecule has 0 radical (unpaired) electrons. The van der Waals surface area contributed by atoms with Crippen molar-refractivity contribution in [2.45, 2.75) is 38.8 Å². The Bertz CT molecular complexity index is 431. The van der Waals surface area contributed by atoms with Gasteiger partial charge in [-0.1, -0.05) is 6.92 Å². The van der Waals surface area contributed by atoms with Crippen LogP contribution >= 0.6 is 0 Å². The summed E-state index contributed by atoms with van der Waals surface area (Å²) in [5, 5.41) is 10.3. The molecule has 1 saturated heterocycles. The summed E-state index contributed by atoms with van der Waals surface area (Å²) >= 11 is 0. The highest BCUT2D eigenvalue weighted by Crippen LogP contribution is 2.16. The summed E-state index contributed by atoms with van der Waals surface area (Å²) in [5.74, 6) is -0.0345. The van der Waals surface area contributed by atoms with Crippen LogP contribution in [0, 0.1) is 0 Å². The van der Waals surface area contributed by atoms with Crippen molar-refractivity contribution in [3.05, 3.63) is 12.4 Å². The van der Waals surface area contributed by atoms with E-state index < -0.39 is 0 Å². The Labute approximate surface area is 120 Å². The molecule has 1 atom stereocenters. The van der Waals surface area contributed by atoms with E-state index in [4.69, 9.17) is 0 Å². The molecule has 1 unspecified atom stereocenters. The Morgan fingerprint density at radius 3 is 3.05 bits per heavy atom. The lowest BCUT2D eigenvalue weighted by molar-refractivity contribution is -0.121. The minimum atomic E-state index is -0.0345. The summed E-state index contributed by atoms with van der Waals surface area (Å²) in [6.07, 6.45) is 7.28. The van der Waals surface area contributed by atoms with E-state index in [1.807, 2.05) is 6.20 Å². The standard InChI is InChI=1S/C14H25N5O/c1-3-18-7-4-5-12(6-8-18)17-13-9-16-19(10-13)11-14(20)15-2/h9-10,12,17H,3-8,11H2,1-2H3,(H,15,20). The molecule has 2 N–H and O–H groups in total. The number of carbonyl (C=O) groups is 1. The van der Waals surface area contributed by atoms with Gasteiger partial charge in [-0.25, -0.2) is 0 Å². The molecule has 0 aliphatic carbocycles. The molecule has 6 heteroatoms. The Morgan fingerprint density at radius 1 is 1.45 bits per heavy atom. The summed E-state index contributed by atoms with van der Waals surface area (Å²) in [4.78, 5) is 13.8. The summed E-state index contributed by atoms with van der Waals surface area (Å²) in [6.45, 7) is 5.98. The lowest BCUT2D eigenvalue weighted by Crippen LogP contribution is -2.26. The number of anilines is 1. The third-order valence-corrected chi connectivity index (χ3v) is 3.86. The molecule has 0 spiro atoms. The summed E-state index contributed by atoms with van der Waals surface area (Å²) < 4.78 is 1.66. The highest BCUT2D eigenvalue weighted by atomic mass is 16.1. The molecular formula is C14H25N5O. The summed E-state index contributed by atoms with van der Waals surface area (Å²) in [6, 6.07) is 0.504. The van der Waals surface area contributed by atoms with Gasteiger partial charge in [0.25, 0.3) is 0 Å². The first-order chi connectivity index (χ1) is 9.71. The summed E-state index contributed by atoms with van der Waals surface area (Å²) in [5.41, 5.74) is 1.00. The van der Waals surface area contributed by atoms with Gasteiger partial charge in [0.1, 0.15) is 6.54 Å². The minimum Gasteiger partial charge on any atom is -0.380 e. The van der Waals surface area contributed by atoms with Crippen molar-refractivity contribution < 1.29 is 4.79 Å². The molecule has 1 aliphatic heterocycles. The minimum absolute atomic E-state index is 0.0345. The van der Waals surface area contributed by atoms with Gasteiger partial charge in [-0.05, 0) is 32.4 Å². The van der Waals surface area contributed by atoms with Crippen molar-refractivity contribution in [1.82, 2.24) is 20.0 Å². The zero-order chi connectivity index (χ0) is 14.4. The lowest BCUT2D eigenvalue weighted by atomic mass is 10.1. The van der Waals surface area contributed by atoms with Crippen molar-refractivity contribution in [2.75, 3.05) is 32.0 Å². The Hall–Kier alpha value is -1.56. The quantitative estimate of drug-likeness (QED) is 0.841. The Kier molecular flexibility index (Phi) is 5.40. The van der Waals surface area contributed by atoms with E-state index in [9.17, 15) is 4.79 Å². The van der Waals surface area contributed by atoms with Gasteiger partial charge in [-0.3, -0.25) is 9.48 Å². The van der Waals surface area contributed by atoms with E-state index in [0.717, 1.165) is 25.2 Å². The fraction of sp³-hybridized carbons (Fsp3) is 0.714. The molecule has 6 nitrogen and oxygen atoms in total. The van der Waals surface area contributed by atoms with Crippen LogP contribution < -0.4 is 10.6 Å². The number of hydrogen-bond donors (Lipinski definition) is 2. The normalized spacial score (nSPS) is 20.4. The second-order valence-electron chi connectivity index (χ2n) is 5.31. The number of likely N-dealkylation sites (N-methyl/N-ethyl adjacent to an activating group) is 1. The van der Waals surface area contributed by atoms with Crippen molar-refractivity contribution in [3.63, 3.8) is 0 Å². The van der Waals surface area contributed by atoms with E-state index in [-0.39, 0.29) is 12.5 Å². The smallest absolute Gasteiger partial charge is 0.241 e. The second-order valence-corrected chi connectivity index (χ2v) is 5.31. The van der Waals surface area contributed by atoms with E-state index in [0.29, 0.717) is 6.04 Å². The van der Waals surface area contributed by atoms with Crippen LogP contribution in [-0.2, 0) is 11.3 Å². The van der Waals surface area contributed by atoms with E-state index in [1.54, 1.807) is 17.9 Å². The molecule has 0 bridgehead atoms. The molecule has 1 fully saturated rings. The van der Waals surface area contributed by atoms with Crippen molar-refractivity contribution in [3.8, 4) is 0 Å². The van der Waals surface area contributed by atoms with Gasteiger partial charge in [0.15, 0.2) is 0 Å². The van der Waals surface area contributed by atoms with Crippen LogP contribution in [0.25, 0.3) is 0 Å². The number of amides is 1. The molecule has 2 rings (SSSR count). The van der Waals surface area contributed by atoms with Crippen LogP contribution in [0.5, 0.6) is 0 Å². The van der Waals surface area contributed by atoms with Crippen LogP contribution in [0.4, 0.5) is 5.69 Å². The van der Waals surface area contributed by atoms with E-state index in [2.05, 4.69) is 27.6 Å².